The fourth-order valence-corrected chi connectivity index (χ4v) is 1.99. The minimum atomic E-state index is 0.363. The van der Waals surface area contributed by atoms with Crippen LogP contribution >= 0.6 is 0 Å². The maximum atomic E-state index is 11.6. The van der Waals surface area contributed by atoms with Crippen molar-refractivity contribution in [2.45, 2.75) is 45.4 Å². The van der Waals surface area contributed by atoms with Gasteiger partial charge in [0.25, 0.3) is 0 Å². The molecule has 1 N–H and O–H groups in total. The fraction of sp³-hybridized carbons (Fsp3) is 0.909. The van der Waals surface area contributed by atoms with Crippen LogP contribution in [0.2, 0.25) is 0 Å². The minimum absolute atomic E-state index is 0.363. The quantitative estimate of drug-likeness (QED) is 0.676. The van der Waals surface area contributed by atoms with Gasteiger partial charge in [-0.3, -0.25) is 4.79 Å². The molecule has 0 aromatic carbocycles. The van der Waals surface area contributed by atoms with Crippen molar-refractivity contribution < 1.29 is 4.79 Å². The van der Waals surface area contributed by atoms with Gasteiger partial charge in [0.15, 0.2) is 0 Å². The molecule has 1 fully saturated rings. The van der Waals surface area contributed by atoms with Crippen LogP contribution in [0.3, 0.4) is 0 Å². The highest BCUT2D eigenvalue weighted by Gasteiger charge is 2.18. The van der Waals surface area contributed by atoms with E-state index in [1.165, 1.54) is 25.7 Å². The molecule has 0 atom stereocenters. The van der Waals surface area contributed by atoms with Crippen molar-refractivity contribution in [1.82, 2.24) is 5.32 Å². The number of Topliss-reactive ketones (excluding diaryl/α,β-unsaturated/α-hetero) is 1. The van der Waals surface area contributed by atoms with Crippen LogP contribution < -0.4 is 5.32 Å². The van der Waals surface area contributed by atoms with E-state index in [0.717, 1.165) is 19.4 Å². The summed E-state index contributed by atoms with van der Waals surface area (Å²) in [7, 11) is 0. The first kappa shape index (κ1) is 10.7. The van der Waals surface area contributed by atoms with Crippen LogP contribution in [-0.4, -0.2) is 18.9 Å². The van der Waals surface area contributed by atoms with Crippen LogP contribution in [0, 0.1) is 5.92 Å². The van der Waals surface area contributed by atoms with Crippen LogP contribution in [-0.2, 0) is 4.79 Å². The van der Waals surface area contributed by atoms with Crippen molar-refractivity contribution >= 4 is 5.78 Å². The van der Waals surface area contributed by atoms with Crippen molar-refractivity contribution in [3.05, 3.63) is 0 Å². The second kappa shape index (κ2) is 6.14. The number of hydrogen-bond donors (Lipinski definition) is 1. The normalized spacial score (nSPS) is 19.8. The second-order valence-electron chi connectivity index (χ2n) is 3.94. The van der Waals surface area contributed by atoms with Gasteiger partial charge in [0.2, 0.25) is 0 Å². The van der Waals surface area contributed by atoms with Gasteiger partial charge in [-0.05, 0) is 19.4 Å². The number of ketones is 1. The zero-order chi connectivity index (χ0) is 9.52. The maximum absolute atomic E-state index is 11.6. The summed E-state index contributed by atoms with van der Waals surface area (Å²) in [5.41, 5.74) is 0. The Morgan fingerprint density at radius 3 is 2.38 bits per heavy atom. The van der Waals surface area contributed by atoms with E-state index >= 15 is 0 Å². The monoisotopic (exact) mass is 183 g/mol. The van der Waals surface area contributed by atoms with Crippen molar-refractivity contribution in [2.75, 3.05) is 13.1 Å². The highest BCUT2D eigenvalue weighted by atomic mass is 16.1. The second-order valence-corrected chi connectivity index (χ2v) is 3.94. The molecule has 0 radical (unpaired) electrons. The lowest BCUT2D eigenvalue weighted by molar-refractivity contribution is -0.122. The molecule has 0 saturated heterocycles. The predicted octanol–water partition coefficient (Wildman–Crippen LogP) is 2.14. The predicted molar refractivity (Wildman–Crippen MR) is 54.7 cm³/mol. The van der Waals surface area contributed by atoms with E-state index in [2.05, 4.69) is 5.32 Å². The van der Waals surface area contributed by atoms with Gasteiger partial charge in [-0.25, -0.2) is 0 Å². The topological polar surface area (TPSA) is 29.1 Å². The Labute approximate surface area is 81.1 Å². The summed E-state index contributed by atoms with van der Waals surface area (Å²) in [6, 6.07) is 0. The molecular formula is C11H21NO. The number of carbonyl (C=O) groups excluding carboxylic acids is 1. The first-order valence-corrected chi connectivity index (χ1v) is 5.58. The van der Waals surface area contributed by atoms with Crippen molar-refractivity contribution in [3.63, 3.8) is 0 Å². The zero-order valence-electron chi connectivity index (χ0n) is 8.64. The van der Waals surface area contributed by atoms with Crippen LogP contribution in [0.4, 0.5) is 0 Å². The Bertz CT molecular complexity index is 148. The summed E-state index contributed by atoms with van der Waals surface area (Å²) < 4.78 is 0. The van der Waals surface area contributed by atoms with Crippen LogP contribution in [0.25, 0.3) is 0 Å². The molecule has 2 nitrogen and oxygen atoms in total. The summed E-state index contributed by atoms with van der Waals surface area (Å²) in [4.78, 5) is 11.6. The first-order valence-electron chi connectivity index (χ1n) is 5.58. The van der Waals surface area contributed by atoms with Crippen molar-refractivity contribution in [3.8, 4) is 0 Å². The maximum Gasteiger partial charge on any atom is 0.149 e. The van der Waals surface area contributed by atoms with Crippen molar-refractivity contribution in [1.29, 1.82) is 0 Å². The summed E-state index contributed by atoms with van der Waals surface area (Å²) in [5, 5.41) is 3.12. The zero-order valence-corrected chi connectivity index (χ0v) is 8.64. The van der Waals surface area contributed by atoms with Gasteiger partial charge >= 0.3 is 0 Å². The summed E-state index contributed by atoms with van der Waals surface area (Å²) >= 11 is 0. The third kappa shape index (κ3) is 3.90. The average Bonchev–Trinajstić information content (AvgIpc) is 2.42. The highest BCUT2D eigenvalue weighted by molar-refractivity contribution is 5.82. The van der Waals surface area contributed by atoms with Gasteiger partial charge in [-0.2, -0.15) is 0 Å². The molecule has 0 amide bonds. The van der Waals surface area contributed by atoms with Gasteiger partial charge in [-0.15, -0.1) is 0 Å². The van der Waals surface area contributed by atoms with E-state index in [1.54, 1.807) is 0 Å². The standard InChI is InChI=1S/C11H21NO/c1-2-12-9-11(13)10-7-5-3-4-6-8-10/h10,12H,2-9H2,1H3. The molecule has 1 aliphatic rings. The van der Waals surface area contributed by atoms with Gasteiger partial charge in [0.05, 0.1) is 6.54 Å². The van der Waals surface area contributed by atoms with E-state index in [-0.39, 0.29) is 0 Å². The van der Waals surface area contributed by atoms with Crippen LogP contribution in [0.5, 0.6) is 0 Å². The smallest absolute Gasteiger partial charge is 0.149 e. The Balaban J connectivity index is 2.26. The SMILES string of the molecule is CCNCC(=O)C1CCCCCC1. The number of nitrogens with one attached hydrogen (secondary N) is 1. The average molecular weight is 183 g/mol. The third-order valence-electron chi connectivity index (χ3n) is 2.86. The number of likely N-dealkylation sites (N-methyl/N-ethyl adjacent to an activating group) is 1. The number of rotatable bonds is 4. The molecule has 1 rings (SSSR count). The molecule has 0 spiro atoms. The molecule has 0 aromatic rings. The summed E-state index contributed by atoms with van der Waals surface area (Å²) in [6.45, 7) is 3.53. The van der Waals surface area contributed by atoms with E-state index in [1.807, 2.05) is 6.92 Å². The molecular weight excluding hydrogens is 162 g/mol. The molecule has 76 valence electrons. The van der Waals surface area contributed by atoms with E-state index in [9.17, 15) is 4.79 Å². The largest absolute Gasteiger partial charge is 0.310 e. The lowest BCUT2D eigenvalue weighted by Gasteiger charge is -2.12. The molecule has 0 heterocycles. The molecule has 0 aromatic heterocycles. The molecule has 0 aliphatic heterocycles. The first-order chi connectivity index (χ1) is 6.34. The minimum Gasteiger partial charge on any atom is -0.310 e. The van der Waals surface area contributed by atoms with Crippen LogP contribution in [0.1, 0.15) is 45.4 Å². The fourth-order valence-electron chi connectivity index (χ4n) is 1.99. The molecule has 1 aliphatic carbocycles. The molecule has 0 bridgehead atoms. The molecule has 1 saturated carbocycles. The van der Waals surface area contributed by atoms with Crippen molar-refractivity contribution in [2.24, 2.45) is 5.92 Å². The molecule has 0 unspecified atom stereocenters. The Morgan fingerprint density at radius 2 is 1.85 bits per heavy atom. The van der Waals surface area contributed by atoms with Gasteiger partial charge in [0, 0.05) is 5.92 Å². The lowest BCUT2D eigenvalue weighted by Crippen LogP contribution is -2.28. The van der Waals surface area contributed by atoms with E-state index < -0.39 is 0 Å². The summed E-state index contributed by atoms with van der Waals surface area (Å²) in [5.74, 6) is 0.797. The Morgan fingerprint density at radius 1 is 1.23 bits per heavy atom. The Kier molecular flexibility index (Phi) is 5.06. The lowest BCUT2D eigenvalue weighted by atomic mass is 9.95. The molecule has 2 heteroatoms. The number of hydrogen-bond acceptors (Lipinski definition) is 2. The highest BCUT2D eigenvalue weighted by Crippen LogP contribution is 2.23. The summed E-state index contributed by atoms with van der Waals surface area (Å²) in [6.07, 6.45) is 7.41. The Hall–Kier alpha value is -0.370. The van der Waals surface area contributed by atoms with Gasteiger partial charge in [0.1, 0.15) is 5.78 Å². The number of carbonyl (C=O) groups is 1. The third-order valence-corrected chi connectivity index (χ3v) is 2.86. The molecule has 13 heavy (non-hydrogen) atoms. The van der Waals surface area contributed by atoms with Crippen LogP contribution in [0.15, 0.2) is 0 Å². The van der Waals surface area contributed by atoms with Gasteiger partial charge in [-0.1, -0.05) is 32.6 Å². The van der Waals surface area contributed by atoms with Gasteiger partial charge < -0.3 is 5.32 Å². The van der Waals surface area contributed by atoms with E-state index in [0.29, 0.717) is 18.2 Å². The van der Waals surface area contributed by atoms with E-state index in [4.69, 9.17) is 0 Å².